The second-order valence-electron chi connectivity index (χ2n) is 4.58. The summed E-state index contributed by atoms with van der Waals surface area (Å²) in [7, 11) is 0. The molecule has 0 unspecified atom stereocenters. The number of ether oxygens (including phenoxy) is 1. The molecule has 7 heteroatoms. The van der Waals surface area contributed by atoms with E-state index in [1.54, 1.807) is 17.0 Å². The summed E-state index contributed by atoms with van der Waals surface area (Å²) in [5.74, 6) is 0.905. The summed E-state index contributed by atoms with van der Waals surface area (Å²) in [4.78, 5) is 11.7. The van der Waals surface area contributed by atoms with Crippen molar-refractivity contribution in [2.45, 2.75) is 19.4 Å². The fourth-order valence-corrected chi connectivity index (χ4v) is 1.96. The Hall–Kier alpha value is -2.96. The summed E-state index contributed by atoms with van der Waals surface area (Å²) in [5.41, 5.74) is 0.814. The van der Waals surface area contributed by atoms with Crippen molar-refractivity contribution in [3.63, 3.8) is 0 Å². The molecule has 0 spiro atoms. The number of aryl methyl sites for hydroxylation is 1. The van der Waals surface area contributed by atoms with Crippen LogP contribution < -0.4 is 0 Å². The van der Waals surface area contributed by atoms with Crippen LogP contribution in [-0.2, 0) is 22.6 Å². The Bertz CT molecular complexity index is 722. The number of hydrogen-bond acceptors (Lipinski definition) is 6. The largest absolute Gasteiger partial charge is 0.469 e. The lowest BCUT2D eigenvalue weighted by atomic mass is 10.2. The van der Waals surface area contributed by atoms with Crippen LogP contribution >= 0.6 is 0 Å². The van der Waals surface area contributed by atoms with Gasteiger partial charge in [0.15, 0.2) is 12.4 Å². The number of para-hydroxylation sites is 1. The van der Waals surface area contributed by atoms with Crippen molar-refractivity contribution in [1.82, 2.24) is 20.2 Å². The molecule has 0 amide bonds. The first-order chi connectivity index (χ1) is 10.8. The summed E-state index contributed by atoms with van der Waals surface area (Å²) in [6, 6.07) is 13.0. The van der Waals surface area contributed by atoms with Crippen molar-refractivity contribution in [3.05, 3.63) is 60.3 Å². The van der Waals surface area contributed by atoms with Gasteiger partial charge >= 0.3 is 5.97 Å². The first-order valence-corrected chi connectivity index (χ1v) is 6.83. The average molecular weight is 298 g/mol. The molecule has 22 heavy (non-hydrogen) atoms. The van der Waals surface area contributed by atoms with Crippen LogP contribution in [0.3, 0.4) is 0 Å². The highest BCUT2D eigenvalue weighted by molar-refractivity contribution is 5.69. The van der Waals surface area contributed by atoms with Gasteiger partial charge in [-0.3, -0.25) is 4.79 Å². The third kappa shape index (κ3) is 3.38. The van der Waals surface area contributed by atoms with E-state index in [4.69, 9.17) is 9.15 Å². The number of aromatic nitrogens is 4. The van der Waals surface area contributed by atoms with E-state index in [0.717, 1.165) is 11.4 Å². The number of esters is 1. The highest BCUT2D eigenvalue weighted by Gasteiger charge is 2.11. The molecule has 3 aromatic rings. The molecule has 0 radical (unpaired) electrons. The number of carbonyl (C=O) groups excluding carboxylic acids is 1. The summed E-state index contributed by atoms with van der Waals surface area (Å²) in [5, 5.41) is 11.4. The second kappa shape index (κ2) is 6.66. The number of hydrogen-bond donors (Lipinski definition) is 0. The zero-order valence-corrected chi connectivity index (χ0v) is 11.8. The maximum absolute atomic E-state index is 11.7. The van der Waals surface area contributed by atoms with Gasteiger partial charge in [0, 0.05) is 6.42 Å². The number of tetrazole rings is 1. The van der Waals surface area contributed by atoms with Crippen molar-refractivity contribution in [3.8, 4) is 5.69 Å². The highest BCUT2D eigenvalue weighted by Crippen LogP contribution is 2.09. The van der Waals surface area contributed by atoms with Gasteiger partial charge in [-0.25, -0.2) is 0 Å². The molecule has 112 valence electrons. The van der Waals surface area contributed by atoms with Crippen LogP contribution in [0, 0.1) is 0 Å². The Balaban J connectivity index is 1.56. The molecule has 7 nitrogen and oxygen atoms in total. The van der Waals surface area contributed by atoms with Crippen LogP contribution in [0.1, 0.15) is 18.0 Å². The first kappa shape index (κ1) is 14.0. The zero-order valence-electron chi connectivity index (χ0n) is 11.8. The van der Waals surface area contributed by atoms with Gasteiger partial charge in [0.05, 0.1) is 18.4 Å². The molecule has 0 aliphatic rings. The molecule has 0 bridgehead atoms. The van der Waals surface area contributed by atoms with Crippen LogP contribution in [0.15, 0.2) is 53.1 Å². The summed E-state index contributed by atoms with van der Waals surface area (Å²) in [6.07, 6.45) is 2.34. The molecule has 1 aromatic carbocycles. The Morgan fingerprint density at radius 1 is 1.18 bits per heavy atom. The number of benzene rings is 1. The van der Waals surface area contributed by atoms with Crippen LogP contribution in [0.5, 0.6) is 0 Å². The molecule has 0 aliphatic heterocycles. The number of rotatable bonds is 6. The van der Waals surface area contributed by atoms with Crippen molar-refractivity contribution in [2.75, 3.05) is 0 Å². The van der Waals surface area contributed by atoms with Gasteiger partial charge in [0.25, 0.3) is 0 Å². The van der Waals surface area contributed by atoms with Crippen molar-refractivity contribution in [2.24, 2.45) is 0 Å². The SMILES string of the molecule is O=C(CCc1ccco1)OCc1nnnn1-c1ccccc1. The third-order valence-corrected chi connectivity index (χ3v) is 3.05. The van der Waals surface area contributed by atoms with Crippen LogP contribution in [0.2, 0.25) is 0 Å². The van der Waals surface area contributed by atoms with Gasteiger partial charge in [-0.15, -0.1) is 5.10 Å². The summed E-state index contributed by atoms with van der Waals surface area (Å²) >= 11 is 0. The normalized spacial score (nSPS) is 10.5. The van der Waals surface area contributed by atoms with E-state index < -0.39 is 0 Å². The molecule has 2 aromatic heterocycles. The maximum Gasteiger partial charge on any atom is 0.306 e. The molecule has 0 saturated heterocycles. The summed E-state index contributed by atoms with van der Waals surface area (Å²) < 4.78 is 11.9. The predicted octanol–water partition coefficient (Wildman–Crippen LogP) is 1.93. The van der Waals surface area contributed by atoms with Gasteiger partial charge in [-0.1, -0.05) is 18.2 Å². The van der Waals surface area contributed by atoms with E-state index in [1.165, 1.54) is 0 Å². The average Bonchev–Trinajstić information content (AvgIpc) is 3.23. The lowest BCUT2D eigenvalue weighted by Crippen LogP contribution is -2.10. The topological polar surface area (TPSA) is 83.0 Å². The maximum atomic E-state index is 11.7. The Morgan fingerprint density at radius 2 is 2.05 bits per heavy atom. The number of carbonyl (C=O) groups is 1. The standard InChI is InChI=1S/C15H14N4O3/c20-15(9-8-13-7-4-10-21-13)22-11-14-16-17-18-19(14)12-5-2-1-3-6-12/h1-7,10H,8-9,11H2. The van der Waals surface area contributed by atoms with E-state index in [-0.39, 0.29) is 19.0 Å². The van der Waals surface area contributed by atoms with E-state index in [0.29, 0.717) is 12.2 Å². The minimum Gasteiger partial charge on any atom is -0.469 e. The van der Waals surface area contributed by atoms with Gasteiger partial charge in [0.1, 0.15) is 5.76 Å². The molecular weight excluding hydrogens is 284 g/mol. The fraction of sp³-hybridized carbons (Fsp3) is 0.200. The predicted molar refractivity (Wildman–Crippen MR) is 76.0 cm³/mol. The fourth-order valence-electron chi connectivity index (χ4n) is 1.96. The van der Waals surface area contributed by atoms with Gasteiger partial charge < -0.3 is 9.15 Å². The van der Waals surface area contributed by atoms with E-state index in [2.05, 4.69) is 15.5 Å². The third-order valence-electron chi connectivity index (χ3n) is 3.05. The van der Waals surface area contributed by atoms with Gasteiger partial charge in [-0.05, 0) is 34.7 Å². The van der Waals surface area contributed by atoms with E-state index in [9.17, 15) is 4.79 Å². The van der Waals surface area contributed by atoms with E-state index in [1.807, 2.05) is 36.4 Å². The molecule has 2 heterocycles. The van der Waals surface area contributed by atoms with Crippen molar-refractivity contribution in [1.29, 1.82) is 0 Å². The second-order valence-corrected chi connectivity index (χ2v) is 4.58. The smallest absolute Gasteiger partial charge is 0.306 e. The van der Waals surface area contributed by atoms with Gasteiger partial charge in [0.2, 0.25) is 0 Å². The monoisotopic (exact) mass is 298 g/mol. The molecular formula is C15H14N4O3. The Morgan fingerprint density at radius 3 is 2.82 bits per heavy atom. The lowest BCUT2D eigenvalue weighted by molar-refractivity contribution is -0.145. The zero-order chi connectivity index (χ0) is 15.2. The lowest BCUT2D eigenvalue weighted by Gasteiger charge is -2.05. The molecule has 0 saturated carbocycles. The highest BCUT2D eigenvalue weighted by atomic mass is 16.5. The minimum atomic E-state index is -0.320. The quantitative estimate of drug-likeness (QED) is 0.647. The molecule has 0 N–H and O–H groups in total. The van der Waals surface area contributed by atoms with Crippen molar-refractivity contribution >= 4 is 5.97 Å². The van der Waals surface area contributed by atoms with E-state index >= 15 is 0 Å². The number of furan rings is 1. The first-order valence-electron chi connectivity index (χ1n) is 6.83. The van der Waals surface area contributed by atoms with Crippen LogP contribution in [0.4, 0.5) is 0 Å². The van der Waals surface area contributed by atoms with Crippen molar-refractivity contribution < 1.29 is 13.9 Å². The minimum absolute atomic E-state index is 0.0267. The van der Waals surface area contributed by atoms with Gasteiger partial charge in [-0.2, -0.15) is 4.68 Å². The molecule has 0 aliphatic carbocycles. The molecule has 0 fully saturated rings. The number of nitrogens with zero attached hydrogens (tertiary/aromatic N) is 4. The van der Waals surface area contributed by atoms with Crippen LogP contribution in [-0.4, -0.2) is 26.2 Å². The molecule has 3 rings (SSSR count). The summed E-state index contributed by atoms with van der Waals surface area (Å²) in [6.45, 7) is 0.0267. The Kier molecular flexibility index (Phi) is 4.24. The molecule has 0 atom stereocenters. The van der Waals surface area contributed by atoms with Crippen LogP contribution in [0.25, 0.3) is 5.69 Å². The Labute approximate surface area is 126 Å².